The molecule has 0 aliphatic heterocycles. The van der Waals surface area contributed by atoms with E-state index in [9.17, 15) is 0 Å². The monoisotopic (exact) mass is 195 g/mol. The van der Waals surface area contributed by atoms with Crippen LogP contribution in [-0.4, -0.2) is 43.5 Å². The number of hydrogen-bond acceptors (Lipinski definition) is 0. The Morgan fingerprint density at radius 3 is 2.00 bits per heavy atom. The lowest BCUT2D eigenvalue weighted by Gasteiger charge is -2.06. The lowest BCUT2D eigenvalue weighted by atomic mass is 10.1. The third-order valence-corrected chi connectivity index (χ3v) is 2.18. The second-order valence-electron chi connectivity index (χ2n) is 3.75. The smallest absolute Gasteiger partial charge is 0.267 e. The fourth-order valence-electron chi connectivity index (χ4n) is 1.28. The van der Waals surface area contributed by atoms with Crippen molar-refractivity contribution < 1.29 is 4.58 Å². The van der Waals surface area contributed by atoms with Crippen LogP contribution >= 0.6 is 0 Å². The predicted octanol–water partition coefficient (Wildman–Crippen LogP) is 2.12. The van der Waals surface area contributed by atoms with Crippen molar-refractivity contribution in [2.24, 2.45) is 0 Å². The highest BCUT2D eigenvalue weighted by Gasteiger charge is 2.05. The van der Waals surface area contributed by atoms with Crippen LogP contribution in [0.5, 0.6) is 0 Å². The molecule has 0 heterocycles. The summed E-state index contributed by atoms with van der Waals surface area (Å²) < 4.78 is 2.09. The Morgan fingerprint density at radius 2 is 1.71 bits per heavy atom. The summed E-state index contributed by atoms with van der Waals surface area (Å²) >= 11 is 0. The van der Waals surface area contributed by atoms with Gasteiger partial charge in [-0.1, -0.05) is 13.8 Å². The zero-order chi connectivity index (χ0) is 11.1. The normalized spacial score (nSPS) is 9.00. The Hall–Kier alpha value is -1.01. The predicted molar refractivity (Wildman–Crippen MR) is 63.0 cm³/mol. The topological polar surface area (TPSA) is 6.25 Å². The van der Waals surface area contributed by atoms with Crippen molar-refractivity contribution in [3.63, 3.8) is 0 Å². The molecule has 2 heteroatoms. The molecule has 0 atom stereocenters. The van der Waals surface area contributed by atoms with Crippen molar-refractivity contribution in [1.82, 2.24) is 4.90 Å². The molecule has 0 unspecified atom stereocenters. The van der Waals surface area contributed by atoms with E-state index in [4.69, 9.17) is 0 Å². The molecule has 0 rings (SSSR count). The number of nitrogens with zero attached hydrogens (tertiary/aromatic N) is 2. The van der Waals surface area contributed by atoms with Crippen molar-refractivity contribution in [2.75, 3.05) is 28.2 Å². The van der Waals surface area contributed by atoms with Gasteiger partial charge in [-0.3, -0.25) is 9.48 Å². The zero-order valence-corrected chi connectivity index (χ0v) is 10.4. The van der Waals surface area contributed by atoms with Crippen LogP contribution in [-0.2, 0) is 0 Å². The van der Waals surface area contributed by atoms with Crippen LogP contribution in [0.25, 0.3) is 0 Å². The van der Waals surface area contributed by atoms with Gasteiger partial charge in [0.1, 0.15) is 0 Å². The molecule has 80 valence electrons. The fourth-order valence-corrected chi connectivity index (χ4v) is 1.28. The molecule has 0 saturated heterocycles. The van der Waals surface area contributed by atoms with Crippen LogP contribution in [0.1, 0.15) is 26.7 Å². The Bertz CT molecular complexity index is 256. The van der Waals surface area contributed by atoms with E-state index in [-0.39, 0.29) is 0 Å². The minimum Gasteiger partial charge on any atom is -0.267 e. The van der Waals surface area contributed by atoms with Crippen molar-refractivity contribution in [2.45, 2.75) is 26.7 Å². The summed E-state index contributed by atoms with van der Waals surface area (Å²) in [4.78, 5) is 2.09. The number of amidine groups is 1. The fraction of sp³-hybridized carbons (Fsp3) is 0.667. The van der Waals surface area contributed by atoms with E-state index in [0.717, 1.165) is 12.8 Å². The third kappa shape index (κ3) is 4.29. The third-order valence-electron chi connectivity index (χ3n) is 2.18. The molecule has 0 aliphatic rings. The van der Waals surface area contributed by atoms with Crippen molar-refractivity contribution in [3.05, 3.63) is 17.4 Å². The van der Waals surface area contributed by atoms with E-state index in [1.807, 2.05) is 28.2 Å². The van der Waals surface area contributed by atoms with Gasteiger partial charge in [-0.25, -0.2) is 0 Å². The molecule has 0 amide bonds. The Balaban J connectivity index is 4.95. The lowest BCUT2D eigenvalue weighted by molar-refractivity contribution is -0.468. The SMILES string of the molecule is CCC(=C=CC(N(C)C)=[N+](C)C)CC. The van der Waals surface area contributed by atoms with Crippen LogP contribution in [0.2, 0.25) is 0 Å². The van der Waals surface area contributed by atoms with Gasteiger partial charge < -0.3 is 0 Å². The van der Waals surface area contributed by atoms with Crippen LogP contribution in [0, 0.1) is 0 Å². The van der Waals surface area contributed by atoms with Crippen molar-refractivity contribution in [3.8, 4) is 0 Å². The Morgan fingerprint density at radius 1 is 1.21 bits per heavy atom. The minimum atomic E-state index is 1.08. The minimum absolute atomic E-state index is 1.08. The number of likely N-dealkylation sites (N-methyl/N-ethyl adjacent to an activating group) is 1. The number of hydrogen-bond donors (Lipinski definition) is 0. The first-order valence-electron chi connectivity index (χ1n) is 5.18. The molecular weight excluding hydrogens is 172 g/mol. The largest absolute Gasteiger partial charge is 0.278 e. The molecule has 0 aromatic carbocycles. The summed E-state index contributed by atoms with van der Waals surface area (Å²) in [5.41, 5.74) is 4.72. The molecule has 14 heavy (non-hydrogen) atoms. The van der Waals surface area contributed by atoms with Crippen LogP contribution in [0.15, 0.2) is 17.4 Å². The molecule has 0 aromatic rings. The Labute approximate surface area is 88.2 Å². The molecule has 0 saturated carbocycles. The maximum atomic E-state index is 3.35. The standard InChI is InChI=1S/C12H23N2/c1-7-11(8-2)9-10-12(13(3)4)14(5)6/h10H,7-8H2,1-6H3/q+1. The average Bonchev–Trinajstić information content (AvgIpc) is 2.11. The van der Waals surface area contributed by atoms with Gasteiger partial charge >= 0.3 is 0 Å². The van der Waals surface area contributed by atoms with E-state index in [0.29, 0.717) is 0 Å². The summed E-state index contributed by atoms with van der Waals surface area (Å²) in [6, 6.07) is 0. The average molecular weight is 195 g/mol. The van der Waals surface area contributed by atoms with E-state index < -0.39 is 0 Å². The summed E-state index contributed by atoms with van der Waals surface area (Å²) in [5.74, 6) is 1.17. The van der Waals surface area contributed by atoms with Crippen molar-refractivity contribution >= 4 is 5.84 Å². The summed E-state index contributed by atoms with van der Waals surface area (Å²) in [7, 11) is 8.19. The van der Waals surface area contributed by atoms with Gasteiger partial charge in [0.05, 0.1) is 34.3 Å². The zero-order valence-electron chi connectivity index (χ0n) is 10.4. The maximum Gasteiger partial charge on any atom is 0.278 e. The lowest BCUT2D eigenvalue weighted by Crippen LogP contribution is -2.27. The molecular formula is C12H23N2+. The quantitative estimate of drug-likeness (QED) is 0.289. The molecule has 0 spiro atoms. The first kappa shape index (κ1) is 13.0. The molecule has 0 bridgehead atoms. The van der Waals surface area contributed by atoms with E-state index >= 15 is 0 Å². The molecule has 0 aromatic heterocycles. The van der Waals surface area contributed by atoms with Gasteiger partial charge in [0, 0.05) is 0 Å². The van der Waals surface area contributed by atoms with Crippen LogP contribution in [0.3, 0.4) is 0 Å². The Kier molecular flexibility index (Phi) is 5.98. The molecule has 2 nitrogen and oxygen atoms in total. The first-order chi connectivity index (χ1) is 6.52. The van der Waals surface area contributed by atoms with Gasteiger partial charge in [0.2, 0.25) is 0 Å². The van der Waals surface area contributed by atoms with Crippen molar-refractivity contribution in [1.29, 1.82) is 0 Å². The summed E-state index contributed by atoms with van der Waals surface area (Å²) in [5, 5.41) is 0. The molecule has 0 radical (unpaired) electrons. The van der Waals surface area contributed by atoms with E-state index in [1.165, 1.54) is 11.4 Å². The highest BCUT2D eigenvalue weighted by Crippen LogP contribution is 2.02. The maximum absolute atomic E-state index is 3.35. The molecule has 0 fully saturated rings. The number of rotatable bonds is 3. The second kappa shape index (κ2) is 6.44. The van der Waals surface area contributed by atoms with Gasteiger partial charge in [0.25, 0.3) is 5.84 Å². The molecule has 0 N–H and O–H groups in total. The van der Waals surface area contributed by atoms with Gasteiger partial charge in [0.15, 0.2) is 0 Å². The van der Waals surface area contributed by atoms with Gasteiger partial charge in [-0.15, -0.1) is 5.73 Å². The summed E-state index contributed by atoms with van der Waals surface area (Å²) in [6.07, 6.45) is 4.23. The second-order valence-corrected chi connectivity index (χ2v) is 3.75. The summed E-state index contributed by atoms with van der Waals surface area (Å²) in [6.45, 7) is 4.34. The van der Waals surface area contributed by atoms with E-state index in [1.54, 1.807) is 0 Å². The van der Waals surface area contributed by atoms with Gasteiger partial charge in [-0.2, -0.15) is 0 Å². The highest BCUT2D eigenvalue weighted by molar-refractivity contribution is 5.88. The van der Waals surface area contributed by atoms with Crippen LogP contribution < -0.4 is 0 Å². The van der Waals surface area contributed by atoms with Gasteiger partial charge in [-0.05, 0) is 18.4 Å². The highest BCUT2D eigenvalue weighted by atomic mass is 15.2. The molecule has 0 aliphatic carbocycles. The van der Waals surface area contributed by atoms with Crippen LogP contribution in [0.4, 0.5) is 0 Å². The van der Waals surface area contributed by atoms with E-state index in [2.05, 4.69) is 35.1 Å². The first-order valence-corrected chi connectivity index (χ1v) is 5.18.